The highest BCUT2D eigenvalue weighted by Crippen LogP contribution is 2.31. The van der Waals surface area contributed by atoms with Gasteiger partial charge in [-0.25, -0.2) is 9.59 Å². The van der Waals surface area contributed by atoms with Gasteiger partial charge in [0.05, 0.1) is 6.10 Å². The predicted octanol–water partition coefficient (Wildman–Crippen LogP) is 1.34. The van der Waals surface area contributed by atoms with Crippen molar-refractivity contribution in [2.75, 3.05) is 6.61 Å². The van der Waals surface area contributed by atoms with Gasteiger partial charge in [-0.1, -0.05) is 12.1 Å². The second-order valence-electron chi connectivity index (χ2n) is 10.8. The Morgan fingerprint density at radius 3 is 2.00 bits per heavy atom. The standard InChI is InChI=1S/C31H39N3O15/c1-16(2)44-29(40)24(12-9-22(39)13-33-32)34-31(41)43-14-21-7-10-23(11-8-21)48-30-28(47-20(6)38)27(46-19(5)37)26(45-18(4)36)25(49-30)15-42-17(3)35/h7-8,10-11,13,16,24-28,30H,9,12,14-15H2,1-6H3,(H,34,41)/t24-,25+,26+,27-,28+,30+/m0/s1. The molecule has 1 N–H and O–H groups in total. The van der Waals surface area contributed by atoms with Crippen molar-refractivity contribution < 1.29 is 76.2 Å². The molecule has 0 aromatic heterocycles. The molecule has 0 aliphatic carbocycles. The molecule has 0 saturated carbocycles. The molecule has 268 valence electrons. The number of nitrogens with zero attached hydrogens (tertiary/aromatic N) is 2. The summed E-state index contributed by atoms with van der Waals surface area (Å²) in [7, 11) is 0. The van der Waals surface area contributed by atoms with E-state index < -0.39 is 91.2 Å². The van der Waals surface area contributed by atoms with Gasteiger partial charge in [-0.05, 0) is 38.0 Å². The van der Waals surface area contributed by atoms with Crippen molar-refractivity contribution in [1.29, 1.82) is 0 Å². The van der Waals surface area contributed by atoms with Crippen LogP contribution in [0.1, 0.15) is 59.9 Å². The number of hydrogen-bond acceptors (Lipinski definition) is 15. The van der Waals surface area contributed by atoms with Crippen molar-refractivity contribution in [1.82, 2.24) is 5.32 Å². The molecule has 1 aliphatic rings. The van der Waals surface area contributed by atoms with E-state index in [0.29, 0.717) is 11.8 Å². The number of Topliss-reactive ketones (excluding diaryl/α,β-unsaturated/α-hetero) is 1. The number of rotatable bonds is 16. The highest BCUT2D eigenvalue weighted by molar-refractivity contribution is 6.25. The highest BCUT2D eigenvalue weighted by atomic mass is 16.7. The van der Waals surface area contributed by atoms with Crippen molar-refractivity contribution in [3.63, 3.8) is 0 Å². The van der Waals surface area contributed by atoms with Gasteiger partial charge in [0.15, 0.2) is 12.2 Å². The number of alkyl carbamates (subject to hydrolysis) is 1. The third-order valence-electron chi connectivity index (χ3n) is 6.30. The number of hydrogen-bond donors (Lipinski definition) is 1. The average molecular weight is 694 g/mol. The van der Waals surface area contributed by atoms with Crippen LogP contribution in [0.2, 0.25) is 0 Å². The molecular weight excluding hydrogens is 654 g/mol. The lowest BCUT2D eigenvalue weighted by atomic mass is 9.98. The first-order chi connectivity index (χ1) is 23.1. The number of benzene rings is 1. The molecule has 6 atom stereocenters. The van der Waals surface area contributed by atoms with Crippen LogP contribution in [0, 0.1) is 0 Å². The summed E-state index contributed by atoms with van der Waals surface area (Å²) in [6.07, 6.45) is -8.02. The molecular formula is C31H39N3O15. The zero-order valence-corrected chi connectivity index (χ0v) is 27.8. The topological polar surface area (TPSA) is 242 Å². The van der Waals surface area contributed by atoms with Crippen LogP contribution in [0.15, 0.2) is 24.3 Å². The highest BCUT2D eigenvalue weighted by Gasteiger charge is 2.53. The van der Waals surface area contributed by atoms with Crippen LogP contribution < -0.4 is 10.1 Å². The van der Waals surface area contributed by atoms with Crippen molar-refractivity contribution in [2.45, 2.75) is 104 Å². The molecule has 2 rings (SSSR count). The van der Waals surface area contributed by atoms with Crippen molar-refractivity contribution in [3.05, 3.63) is 35.4 Å². The first-order valence-electron chi connectivity index (χ1n) is 15.0. The lowest BCUT2D eigenvalue weighted by molar-refractivity contribution is -0.288. The minimum absolute atomic E-state index is 0.142. The maximum absolute atomic E-state index is 12.5. The third-order valence-corrected chi connectivity index (χ3v) is 6.30. The van der Waals surface area contributed by atoms with Crippen molar-refractivity contribution in [2.24, 2.45) is 0 Å². The van der Waals surface area contributed by atoms with E-state index in [2.05, 4.69) is 10.1 Å². The SMILES string of the molecule is CC(=O)OC[C@H]1O[C@@H](Oc2ccc(COC(=O)N[C@@H](CCC(=O)C=[N+]=[N-])C(=O)OC(C)C)cc2)[C@H](OC(C)=O)[C@@H](OC(C)=O)[C@@H]1OC(C)=O. The van der Waals surface area contributed by atoms with E-state index in [1.807, 2.05) is 0 Å². The molecule has 49 heavy (non-hydrogen) atoms. The summed E-state index contributed by atoms with van der Waals surface area (Å²) < 4.78 is 43.3. The molecule has 1 aliphatic heterocycles. The molecule has 0 unspecified atom stereocenters. The van der Waals surface area contributed by atoms with Crippen LogP contribution in [0.3, 0.4) is 0 Å². The van der Waals surface area contributed by atoms with E-state index >= 15 is 0 Å². The van der Waals surface area contributed by atoms with E-state index in [9.17, 15) is 33.6 Å². The van der Waals surface area contributed by atoms with Crippen molar-refractivity contribution in [3.8, 4) is 5.75 Å². The predicted molar refractivity (Wildman–Crippen MR) is 161 cm³/mol. The normalized spacial score (nSPS) is 20.3. The minimum atomic E-state index is -1.45. The number of ketones is 1. The van der Waals surface area contributed by atoms with Crippen LogP contribution >= 0.6 is 0 Å². The van der Waals surface area contributed by atoms with Crippen LogP contribution in [-0.2, 0) is 68.5 Å². The van der Waals surface area contributed by atoms with Gasteiger partial charge in [-0.3, -0.25) is 24.0 Å². The second kappa shape index (κ2) is 19.5. The van der Waals surface area contributed by atoms with Crippen LogP contribution in [-0.4, -0.2) is 102 Å². The summed E-state index contributed by atoms with van der Waals surface area (Å²) >= 11 is 0. The number of carbonyl (C=O) groups excluding carboxylic acids is 7. The molecule has 0 bridgehead atoms. The lowest BCUT2D eigenvalue weighted by Gasteiger charge is -2.43. The van der Waals surface area contributed by atoms with E-state index in [4.69, 9.17) is 43.4 Å². The third kappa shape index (κ3) is 14.1. The maximum Gasteiger partial charge on any atom is 0.408 e. The monoisotopic (exact) mass is 693 g/mol. The zero-order valence-electron chi connectivity index (χ0n) is 27.8. The summed E-state index contributed by atoms with van der Waals surface area (Å²) in [6.45, 7) is 6.98. The van der Waals surface area contributed by atoms with E-state index in [0.717, 1.165) is 27.7 Å². The fourth-order valence-electron chi connectivity index (χ4n) is 4.39. The van der Waals surface area contributed by atoms with E-state index in [1.54, 1.807) is 13.8 Å². The Morgan fingerprint density at radius 2 is 1.45 bits per heavy atom. The number of carbonyl (C=O) groups is 7. The lowest BCUT2D eigenvalue weighted by Crippen LogP contribution is -2.63. The average Bonchev–Trinajstić information content (AvgIpc) is 3.00. The Hall–Kier alpha value is -5.35. The Kier molecular flexibility index (Phi) is 15.8. The summed E-state index contributed by atoms with van der Waals surface area (Å²) in [4.78, 5) is 86.7. The minimum Gasteiger partial charge on any atom is -0.463 e. The van der Waals surface area contributed by atoms with Gasteiger partial charge >= 0.3 is 42.2 Å². The smallest absolute Gasteiger partial charge is 0.408 e. The molecule has 1 fully saturated rings. The fourth-order valence-corrected chi connectivity index (χ4v) is 4.39. The first kappa shape index (κ1) is 39.8. The van der Waals surface area contributed by atoms with E-state index in [-0.39, 0.29) is 25.2 Å². The zero-order chi connectivity index (χ0) is 36.7. The first-order valence-corrected chi connectivity index (χ1v) is 15.0. The van der Waals surface area contributed by atoms with Gasteiger partial charge in [0.1, 0.15) is 31.1 Å². The number of amides is 1. The molecule has 18 heteroatoms. The van der Waals surface area contributed by atoms with Gasteiger partial charge in [0.25, 0.3) is 0 Å². The number of esters is 5. The number of ether oxygens (including phenoxy) is 8. The Balaban J connectivity index is 2.19. The summed E-state index contributed by atoms with van der Waals surface area (Å²) in [5, 5.41) is 2.35. The molecule has 1 aromatic carbocycles. The van der Waals surface area contributed by atoms with Crippen LogP contribution in [0.25, 0.3) is 5.53 Å². The molecule has 1 aromatic rings. The van der Waals surface area contributed by atoms with Gasteiger partial charge in [-0.2, -0.15) is 4.79 Å². The summed E-state index contributed by atoms with van der Waals surface area (Å²) in [5.41, 5.74) is 8.98. The van der Waals surface area contributed by atoms with Gasteiger partial charge < -0.3 is 48.7 Å². The molecule has 1 heterocycles. The summed E-state index contributed by atoms with van der Waals surface area (Å²) in [6, 6.07) is 4.74. The van der Waals surface area contributed by atoms with E-state index in [1.165, 1.54) is 24.3 Å². The molecule has 1 amide bonds. The van der Waals surface area contributed by atoms with Gasteiger partial charge in [0, 0.05) is 34.1 Å². The largest absolute Gasteiger partial charge is 0.463 e. The Morgan fingerprint density at radius 1 is 0.857 bits per heavy atom. The van der Waals surface area contributed by atoms with Crippen LogP contribution in [0.5, 0.6) is 5.75 Å². The quantitative estimate of drug-likeness (QED) is 0.0844. The Labute approximate surface area is 281 Å². The van der Waals surface area contributed by atoms with Crippen molar-refractivity contribution >= 4 is 47.9 Å². The van der Waals surface area contributed by atoms with Crippen LogP contribution in [0.4, 0.5) is 4.79 Å². The molecule has 0 radical (unpaired) electrons. The molecule has 1 saturated heterocycles. The van der Waals surface area contributed by atoms with Gasteiger partial charge in [-0.15, -0.1) is 0 Å². The fraction of sp³-hybridized carbons (Fsp3) is 0.548. The number of nitrogens with one attached hydrogen (secondary N) is 1. The molecule has 0 spiro atoms. The second-order valence-corrected chi connectivity index (χ2v) is 10.8. The van der Waals surface area contributed by atoms with Gasteiger partial charge in [0.2, 0.25) is 18.2 Å². The Bertz CT molecular complexity index is 1410. The maximum atomic E-state index is 12.5. The molecule has 18 nitrogen and oxygen atoms in total. The summed E-state index contributed by atoms with van der Waals surface area (Å²) in [5.74, 6) is -4.26.